The van der Waals surface area contributed by atoms with Crippen LogP contribution in [0.15, 0.2) is 66.7 Å². The molecule has 18 heteroatoms. The average molecular weight is 715 g/mol. The summed E-state index contributed by atoms with van der Waals surface area (Å²) in [6.45, 7) is -0.776. The van der Waals surface area contributed by atoms with E-state index in [9.17, 15) is 56.2 Å². The quantitative estimate of drug-likeness (QED) is 0.0315. The van der Waals surface area contributed by atoms with Gasteiger partial charge in [-0.2, -0.15) is 22.0 Å². The van der Waals surface area contributed by atoms with Gasteiger partial charge in [0, 0.05) is 24.3 Å². The highest BCUT2D eigenvalue weighted by atomic mass is 19.4. The van der Waals surface area contributed by atoms with Crippen LogP contribution in [0.4, 0.5) is 37.7 Å². The van der Waals surface area contributed by atoms with Crippen LogP contribution >= 0.6 is 0 Å². The third-order valence-electron chi connectivity index (χ3n) is 6.53. The Bertz CT molecular complexity index is 1670. The van der Waals surface area contributed by atoms with Crippen LogP contribution in [0.5, 0.6) is 11.5 Å². The number of hydrogen-bond donors (Lipinski definition) is 0. The molecule has 0 fully saturated rings. The number of alkyl halides is 5. The highest BCUT2D eigenvalue weighted by molar-refractivity contribution is 5.91. The van der Waals surface area contributed by atoms with Crippen LogP contribution in [0, 0.1) is 26.0 Å². The van der Waals surface area contributed by atoms with E-state index in [1.165, 1.54) is 18.2 Å². The molecule has 0 saturated heterocycles. The molecule has 12 nitrogen and oxygen atoms in total. The Labute approximate surface area is 279 Å². The van der Waals surface area contributed by atoms with Gasteiger partial charge in [0.25, 0.3) is 11.4 Å². The van der Waals surface area contributed by atoms with Crippen molar-refractivity contribution in [3.05, 3.63) is 109 Å². The van der Waals surface area contributed by atoms with Gasteiger partial charge in [-0.05, 0) is 61.6 Å². The molecular weight excluding hydrogens is 686 g/mol. The summed E-state index contributed by atoms with van der Waals surface area (Å²) in [7, 11) is 0. The lowest BCUT2D eigenvalue weighted by Gasteiger charge is -2.19. The van der Waals surface area contributed by atoms with Crippen LogP contribution in [-0.2, 0) is 20.4 Å². The average Bonchev–Trinajstić information content (AvgIpc) is 3.05. The molecule has 0 saturated carbocycles. The monoisotopic (exact) mass is 714 g/mol. The fraction of sp³-hybridized carbons (Fsp3) is 0.312. The number of nitrogens with zero attached hydrogens (tertiary/aromatic N) is 2. The van der Waals surface area contributed by atoms with Crippen molar-refractivity contribution in [2.75, 3.05) is 19.8 Å². The highest BCUT2D eigenvalue weighted by Gasteiger charge is 2.35. The smallest absolute Gasteiger partial charge is 0.426 e. The first-order valence-corrected chi connectivity index (χ1v) is 14.7. The van der Waals surface area contributed by atoms with E-state index >= 15 is 0 Å². The molecule has 3 rings (SSSR count). The van der Waals surface area contributed by atoms with Gasteiger partial charge in [-0.15, -0.1) is 0 Å². The molecular formula is C32H28F6N2O10. The maximum atomic E-state index is 14.7. The molecule has 0 aliphatic heterocycles. The maximum Gasteiger partial charge on any atom is 0.426 e. The Morgan fingerprint density at radius 3 is 1.92 bits per heavy atom. The summed E-state index contributed by atoms with van der Waals surface area (Å²) < 4.78 is 99.6. The number of hydrogen-bond acceptors (Lipinski definition) is 10. The lowest BCUT2D eigenvalue weighted by atomic mass is 10.1. The van der Waals surface area contributed by atoms with Gasteiger partial charge in [0.2, 0.25) is 0 Å². The van der Waals surface area contributed by atoms with Gasteiger partial charge in [-0.1, -0.05) is 12.1 Å². The summed E-state index contributed by atoms with van der Waals surface area (Å²) >= 11 is 0. The SMILES string of the molecule is O=C(/C=C/c1ccc(C(F)(F)Oc2ccc(OCCC(F)(F)F)cc2F)cc1)OCCCCCCOC(=O)c1cc([N+](=O)[O-])cc([N+](=O)[O-])c1. The van der Waals surface area contributed by atoms with Crippen LogP contribution in [0.3, 0.4) is 0 Å². The van der Waals surface area contributed by atoms with E-state index in [1.807, 2.05) is 0 Å². The van der Waals surface area contributed by atoms with E-state index < -0.39 is 75.6 Å². The first-order valence-electron chi connectivity index (χ1n) is 14.7. The van der Waals surface area contributed by atoms with Crippen molar-refractivity contribution in [2.24, 2.45) is 0 Å². The predicted molar refractivity (Wildman–Crippen MR) is 162 cm³/mol. The predicted octanol–water partition coefficient (Wildman–Crippen LogP) is 8.08. The van der Waals surface area contributed by atoms with Crippen LogP contribution in [0.2, 0.25) is 0 Å². The third-order valence-corrected chi connectivity index (χ3v) is 6.53. The summed E-state index contributed by atoms with van der Waals surface area (Å²) in [5.41, 5.74) is -1.87. The zero-order valence-electron chi connectivity index (χ0n) is 25.8. The van der Waals surface area contributed by atoms with E-state index in [4.69, 9.17) is 14.2 Å². The molecule has 0 unspecified atom stereocenters. The van der Waals surface area contributed by atoms with Gasteiger partial charge in [-0.3, -0.25) is 20.2 Å². The molecule has 0 aromatic heterocycles. The molecule has 0 spiro atoms. The topological polar surface area (TPSA) is 157 Å². The van der Waals surface area contributed by atoms with Crippen molar-refractivity contribution in [2.45, 2.75) is 44.4 Å². The second-order valence-electron chi connectivity index (χ2n) is 10.3. The summed E-state index contributed by atoms with van der Waals surface area (Å²) in [6, 6.07) is 9.37. The Morgan fingerprint density at radius 1 is 0.760 bits per heavy atom. The number of halogens is 6. The van der Waals surface area contributed by atoms with Crippen molar-refractivity contribution in [1.29, 1.82) is 0 Å². The summed E-state index contributed by atoms with van der Waals surface area (Å²) in [5.74, 6) is -4.09. The highest BCUT2D eigenvalue weighted by Crippen LogP contribution is 2.34. The maximum absolute atomic E-state index is 14.7. The number of ether oxygens (including phenoxy) is 4. The van der Waals surface area contributed by atoms with Crippen LogP contribution in [0.25, 0.3) is 6.08 Å². The molecule has 0 radical (unpaired) electrons. The van der Waals surface area contributed by atoms with Gasteiger partial charge in [0.15, 0.2) is 11.6 Å². The zero-order chi connectivity index (χ0) is 36.9. The first kappa shape index (κ1) is 38.8. The molecule has 0 heterocycles. The number of benzene rings is 3. The molecule has 3 aromatic carbocycles. The van der Waals surface area contributed by atoms with E-state index in [-0.39, 0.29) is 24.5 Å². The minimum absolute atomic E-state index is 0.0505. The number of carbonyl (C=O) groups excluding carboxylic acids is 2. The number of unbranched alkanes of at least 4 members (excludes halogenated alkanes) is 3. The molecule has 268 valence electrons. The number of esters is 2. The Hall–Kier alpha value is -5.68. The van der Waals surface area contributed by atoms with Crippen molar-refractivity contribution in [3.8, 4) is 11.5 Å². The van der Waals surface area contributed by atoms with E-state index in [1.54, 1.807) is 0 Å². The molecule has 0 bridgehead atoms. The van der Waals surface area contributed by atoms with Crippen molar-refractivity contribution >= 4 is 29.4 Å². The molecule has 0 N–H and O–H groups in total. The van der Waals surface area contributed by atoms with Crippen LogP contribution < -0.4 is 9.47 Å². The zero-order valence-corrected chi connectivity index (χ0v) is 25.8. The minimum atomic E-state index is -4.48. The lowest BCUT2D eigenvalue weighted by Crippen LogP contribution is -2.22. The molecule has 50 heavy (non-hydrogen) atoms. The molecule has 0 amide bonds. The Balaban J connectivity index is 1.36. The lowest BCUT2D eigenvalue weighted by molar-refractivity contribution is -0.394. The van der Waals surface area contributed by atoms with E-state index in [0.29, 0.717) is 37.3 Å². The Kier molecular flexibility index (Phi) is 13.7. The fourth-order valence-electron chi connectivity index (χ4n) is 4.04. The van der Waals surface area contributed by atoms with E-state index in [0.717, 1.165) is 48.5 Å². The van der Waals surface area contributed by atoms with Crippen LogP contribution in [-0.4, -0.2) is 47.8 Å². The number of rotatable bonds is 18. The summed E-state index contributed by atoms with van der Waals surface area (Å²) in [6.07, 6.45) is -5.35. The number of nitro groups is 2. The van der Waals surface area contributed by atoms with Gasteiger partial charge >= 0.3 is 24.2 Å². The molecule has 0 atom stereocenters. The van der Waals surface area contributed by atoms with Gasteiger partial charge < -0.3 is 18.9 Å². The summed E-state index contributed by atoms with van der Waals surface area (Å²) in [5, 5.41) is 21.9. The van der Waals surface area contributed by atoms with Crippen LogP contribution in [0.1, 0.15) is 53.6 Å². The largest absolute Gasteiger partial charge is 0.493 e. The standard InChI is InChI=1S/C32H28F6N2O10/c33-27-20-26(47-16-13-31(34,35)36)10-11-28(27)50-32(37,38)23-8-5-21(6-9-23)7-12-29(41)48-14-3-1-2-4-15-49-30(42)22-17-24(39(43)44)19-25(18-22)40(45)46/h5-12,17-20H,1-4,13-16H2/b12-7+. The number of nitro benzene ring substituents is 2. The fourth-order valence-corrected chi connectivity index (χ4v) is 4.04. The van der Waals surface area contributed by atoms with Gasteiger partial charge in [0.05, 0.1) is 53.3 Å². The second-order valence-corrected chi connectivity index (χ2v) is 10.3. The van der Waals surface area contributed by atoms with Crippen molar-refractivity contribution in [1.82, 2.24) is 0 Å². The number of carbonyl (C=O) groups is 2. The minimum Gasteiger partial charge on any atom is -0.493 e. The Morgan fingerprint density at radius 2 is 1.36 bits per heavy atom. The van der Waals surface area contributed by atoms with Gasteiger partial charge in [-0.25, -0.2) is 14.0 Å². The first-order chi connectivity index (χ1) is 23.5. The van der Waals surface area contributed by atoms with Gasteiger partial charge in [0.1, 0.15) is 5.75 Å². The van der Waals surface area contributed by atoms with E-state index in [2.05, 4.69) is 4.74 Å². The molecule has 0 aliphatic rings. The normalized spacial score (nSPS) is 11.6. The van der Waals surface area contributed by atoms with Crippen molar-refractivity contribution < 1.29 is 64.7 Å². The number of non-ortho nitro benzene ring substituents is 2. The summed E-state index contributed by atoms with van der Waals surface area (Å²) in [4.78, 5) is 44.3. The third kappa shape index (κ3) is 12.7. The second kappa shape index (κ2) is 17.6. The molecule has 3 aromatic rings. The van der Waals surface area contributed by atoms with Crippen molar-refractivity contribution in [3.63, 3.8) is 0 Å². The molecule has 0 aliphatic carbocycles.